The average Bonchev–Trinajstić information content (AvgIpc) is 2.89. The lowest BCUT2D eigenvalue weighted by Gasteiger charge is -2.23. The number of aromatic nitrogens is 2. The van der Waals surface area contributed by atoms with Crippen molar-refractivity contribution >= 4 is 11.8 Å². The molecule has 1 fully saturated rings. The number of carbonyl (C=O) groups excluding carboxylic acids is 1. The first-order valence-corrected chi connectivity index (χ1v) is 6.99. The normalized spacial score (nSPS) is 24.2. The standard InChI is InChI=1S/C14H18N4O4/c1-9(2)12(19)21-7-10-3-5-14(8-15,22-10)18-6-4-11(16)17-13(18)20/h4,6,9-10H,3,5,7H2,1-2H3,(H2,16,17,20)/t10-,14-/m1/s1. The zero-order valence-electron chi connectivity index (χ0n) is 12.5. The predicted molar refractivity (Wildman–Crippen MR) is 76.4 cm³/mol. The maximum atomic E-state index is 11.9. The summed E-state index contributed by atoms with van der Waals surface area (Å²) in [5.74, 6) is -0.481. The Kier molecular flexibility index (Phi) is 4.47. The van der Waals surface area contributed by atoms with Gasteiger partial charge in [0.25, 0.3) is 0 Å². The quantitative estimate of drug-likeness (QED) is 0.798. The Bertz CT molecular complexity index is 664. The molecule has 0 saturated carbocycles. The van der Waals surface area contributed by atoms with E-state index in [-0.39, 0.29) is 24.3 Å². The minimum atomic E-state index is -1.44. The number of nitrogens with zero attached hydrogens (tertiary/aromatic N) is 3. The molecule has 1 aliphatic rings. The highest BCUT2D eigenvalue weighted by Gasteiger charge is 2.43. The maximum Gasteiger partial charge on any atom is 0.352 e. The Labute approximate surface area is 127 Å². The molecule has 1 saturated heterocycles. The van der Waals surface area contributed by atoms with Crippen molar-refractivity contribution in [3.8, 4) is 6.07 Å². The molecule has 8 heteroatoms. The van der Waals surface area contributed by atoms with Gasteiger partial charge in [-0.2, -0.15) is 10.2 Å². The zero-order chi connectivity index (χ0) is 16.3. The number of hydrogen-bond acceptors (Lipinski definition) is 7. The predicted octanol–water partition coefficient (Wildman–Crippen LogP) is 0.380. The highest BCUT2D eigenvalue weighted by atomic mass is 16.6. The van der Waals surface area contributed by atoms with E-state index in [4.69, 9.17) is 15.2 Å². The lowest BCUT2D eigenvalue weighted by molar-refractivity contribution is -0.154. The van der Waals surface area contributed by atoms with E-state index in [1.807, 2.05) is 6.07 Å². The van der Waals surface area contributed by atoms with Crippen molar-refractivity contribution in [2.75, 3.05) is 12.3 Å². The van der Waals surface area contributed by atoms with E-state index in [0.717, 1.165) is 4.57 Å². The molecule has 0 amide bonds. The SMILES string of the molecule is CC(C)C(=O)OC[C@H]1CC[C@@](C#N)(n2ccc(N)nc2=O)O1. The molecule has 8 nitrogen and oxygen atoms in total. The topological polar surface area (TPSA) is 120 Å². The molecule has 0 bridgehead atoms. The van der Waals surface area contributed by atoms with Gasteiger partial charge in [0.05, 0.1) is 12.0 Å². The van der Waals surface area contributed by atoms with Crippen LogP contribution >= 0.6 is 0 Å². The molecule has 22 heavy (non-hydrogen) atoms. The van der Waals surface area contributed by atoms with Crippen molar-refractivity contribution in [2.24, 2.45) is 5.92 Å². The van der Waals surface area contributed by atoms with E-state index >= 15 is 0 Å². The summed E-state index contributed by atoms with van der Waals surface area (Å²) in [6.45, 7) is 3.52. The van der Waals surface area contributed by atoms with Gasteiger partial charge in [0.15, 0.2) is 0 Å². The lowest BCUT2D eigenvalue weighted by Crippen LogP contribution is -2.41. The van der Waals surface area contributed by atoms with E-state index < -0.39 is 17.5 Å². The van der Waals surface area contributed by atoms with Crippen molar-refractivity contribution < 1.29 is 14.3 Å². The first kappa shape index (κ1) is 16.0. The van der Waals surface area contributed by atoms with E-state index in [1.54, 1.807) is 13.8 Å². The average molecular weight is 306 g/mol. The van der Waals surface area contributed by atoms with E-state index in [9.17, 15) is 14.9 Å². The molecule has 1 aromatic heterocycles. The third-order valence-corrected chi connectivity index (χ3v) is 3.44. The Morgan fingerprint density at radius 3 is 3.05 bits per heavy atom. The number of carbonyl (C=O) groups is 1. The Morgan fingerprint density at radius 2 is 2.45 bits per heavy atom. The smallest absolute Gasteiger partial charge is 0.352 e. The Morgan fingerprint density at radius 1 is 1.73 bits per heavy atom. The van der Waals surface area contributed by atoms with E-state index in [1.165, 1.54) is 12.3 Å². The highest BCUT2D eigenvalue weighted by molar-refractivity contribution is 5.71. The molecule has 1 aromatic rings. The number of ether oxygens (including phenoxy) is 2. The van der Waals surface area contributed by atoms with Crippen LogP contribution < -0.4 is 11.4 Å². The summed E-state index contributed by atoms with van der Waals surface area (Å²) in [6, 6.07) is 3.44. The molecule has 2 N–H and O–H groups in total. The largest absolute Gasteiger partial charge is 0.463 e. The molecule has 2 atom stereocenters. The van der Waals surface area contributed by atoms with Crippen LogP contribution in [0.25, 0.3) is 0 Å². The summed E-state index contributed by atoms with van der Waals surface area (Å²) in [5.41, 5.74) is 3.35. The van der Waals surface area contributed by atoms with Gasteiger partial charge < -0.3 is 15.2 Å². The van der Waals surface area contributed by atoms with Gasteiger partial charge in [0.1, 0.15) is 18.5 Å². The summed E-state index contributed by atoms with van der Waals surface area (Å²) >= 11 is 0. The second-order valence-corrected chi connectivity index (χ2v) is 5.46. The van der Waals surface area contributed by atoms with Gasteiger partial charge in [-0.15, -0.1) is 0 Å². The Hall–Kier alpha value is -2.40. The van der Waals surface area contributed by atoms with Crippen LogP contribution in [-0.4, -0.2) is 28.2 Å². The molecule has 2 heterocycles. The van der Waals surface area contributed by atoms with E-state index in [0.29, 0.717) is 12.8 Å². The molecular formula is C14H18N4O4. The number of rotatable bonds is 4. The van der Waals surface area contributed by atoms with E-state index in [2.05, 4.69) is 4.98 Å². The maximum absolute atomic E-state index is 11.9. The van der Waals surface area contributed by atoms with Crippen molar-refractivity contribution in [1.82, 2.24) is 9.55 Å². The monoisotopic (exact) mass is 306 g/mol. The van der Waals surface area contributed by atoms with Crippen LogP contribution in [0.15, 0.2) is 17.1 Å². The third-order valence-electron chi connectivity index (χ3n) is 3.44. The van der Waals surface area contributed by atoms with Gasteiger partial charge in [-0.3, -0.25) is 9.36 Å². The van der Waals surface area contributed by atoms with Crippen LogP contribution in [0.4, 0.5) is 5.82 Å². The number of esters is 1. The minimum Gasteiger partial charge on any atom is -0.463 e. The molecule has 1 aliphatic heterocycles. The van der Waals surface area contributed by atoms with Crippen LogP contribution in [0, 0.1) is 17.2 Å². The fourth-order valence-corrected chi connectivity index (χ4v) is 2.21. The van der Waals surface area contributed by atoms with Crippen molar-refractivity contribution in [3.05, 3.63) is 22.7 Å². The first-order chi connectivity index (χ1) is 10.4. The second kappa shape index (κ2) is 6.15. The van der Waals surface area contributed by atoms with Crippen molar-refractivity contribution in [1.29, 1.82) is 5.26 Å². The summed E-state index contributed by atoms with van der Waals surface area (Å²) in [4.78, 5) is 27.0. The summed E-state index contributed by atoms with van der Waals surface area (Å²) in [7, 11) is 0. The van der Waals surface area contributed by atoms with Crippen LogP contribution in [0.5, 0.6) is 0 Å². The minimum absolute atomic E-state index is 0.0532. The van der Waals surface area contributed by atoms with Gasteiger partial charge in [-0.25, -0.2) is 4.79 Å². The van der Waals surface area contributed by atoms with Crippen LogP contribution in [-0.2, 0) is 20.0 Å². The van der Waals surface area contributed by atoms with Crippen molar-refractivity contribution in [3.63, 3.8) is 0 Å². The number of nitriles is 1. The molecule has 0 spiro atoms. The van der Waals surface area contributed by atoms with Gasteiger partial charge in [0, 0.05) is 12.6 Å². The molecule has 118 valence electrons. The number of nitrogens with two attached hydrogens (primary N) is 1. The van der Waals surface area contributed by atoms with Gasteiger partial charge in [-0.1, -0.05) is 13.8 Å². The first-order valence-electron chi connectivity index (χ1n) is 6.99. The van der Waals surface area contributed by atoms with Gasteiger partial charge in [0.2, 0.25) is 5.72 Å². The molecule has 0 aromatic carbocycles. The summed E-state index contributed by atoms with van der Waals surface area (Å²) < 4.78 is 11.9. The zero-order valence-corrected chi connectivity index (χ0v) is 12.5. The molecule has 0 aliphatic carbocycles. The van der Waals surface area contributed by atoms with Gasteiger partial charge >= 0.3 is 11.7 Å². The van der Waals surface area contributed by atoms with Gasteiger partial charge in [-0.05, 0) is 12.5 Å². The molecule has 0 radical (unpaired) electrons. The molecule has 2 rings (SSSR count). The fraction of sp³-hybridized carbons (Fsp3) is 0.571. The summed E-state index contributed by atoms with van der Waals surface area (Å²) in [6.07, 6.45) is 1.75. The number of anilines is 1. The third kappa shape index (κ3) is 3.09. The molecule has 0 unspecified atom stereocenters. The Balaban J connectivity index is 2.12. The molecular weight excluding hydrogens is 288 g/mol. The van der Waals surface area contributed by atoms with Crippen LogP contribution in [0.2, 0.25) is 0 Å². The number of hydrogen-bond donors (Lipinski definition) is 1. The van der Waals surface area contributed by atoms with Crippen LogP contribution in [0.3, 0.4) is 0 Å². The van der Waals surface area contributed by atoms with Crippen LogP contribution in [0.1, 0.15) is 26.7 Å². The second-order valence-electron chi connectivity index (χ2n) is 5.46. The summed E-state index contributed by atoms with van der Waals surface area (Å²) in [5, 5.41) is 9.45. The van der Waals surface area contributed by atoms with Crippen molar-refractivity contribution in [2.45, 2.75) is 38.5 Å². The lowest BCUT2D eigenvalue weighted by atomic mass is 10.1. The highest BCUT2D eigenvalue weighted by Crippen LogP contribution is 2.33. The fourth-order valence-electron chi connectivity index (χ4n) is 2.21. The number of nitrogen functional groups attached to an aromatic ring is 1.